The van der Waals surface area contributed by atoms with Crippen molar-refractivity contribution >= 4 is 0 Å². The van der Waals surface area contributed by atoms with E-state index in [1.165, 1.54) is 36.8 Å². The Morgan fingerprint density at radius 2 is 1.75 bits per heavy atom. The van der Waals surface area contributed by atoms with Crippen molar-refractivity contribution in [2.45, 2.75) is 53.4 Å². The first-order valence-corrected chi connectivity index (χ1v) is 5.02. The van der Waals surface area contributed by atoms with Crippen molar-refractivity contribution in [2.24, 2.45) is 0 Å². The fraction of sp³-hybridized carbons (Fsp3) is 0.667. The molecule has 0 aliphatic rings. The highest BCUT2D eigenvalue weighted by Crippen LogP contribution is 2.10. The van der Waals surface area contributed by atoms with Gasteiger partial charge in [0.1, 0.15) is 0 Å². The Balaban J connectivity index is 3.69. The lowest BCUT2D eigenvalue weighted by molar-refractivity contribution is 0.727. The zero-order valence-electron chi connectivity index (χ0n) is 8.98. The highest BCUT2D eigenvalue weighted by Gasteiger charge is 1.90. The van der Waals surface area contributed by atoms with E-state index in [0.717, 1.165) is 0 Å². The van der Waals surface area contributed by atoms with Crippen molar-refractivity contribution in [1.82, 2.24) is 0 Å². The SMILES string of the molecule is C/C=C(C)\C(C)=C/CCCCC. The number of unbranched alkanes of at least 4 members (excludes halogenated alkanes) is 3. The molecule has 0 aromatic rings. The third-order valence-electron chi connectivity index (χ3n) is 2.31. The number of allylic oxidation sites excluding steroid dienone is 4. The van der Waals surface area contributed by atoms with Gasteiger partial charge in [0.25, 0.3) is 0 Å². The van der Waals surface area contributed by atoms with Crippen molar-refractivity contribution in [2.75, 3.05) is 0 Å². The number of rotatable bonds is 5. The van der Waals surface area contributed by atoms with Gasteiger partial charge in [-0.3, -0.25) is 0 Å². The molecule has 70 valence electrons. The third-order valence-corrected chi connectivity index (χ3v) is 2.31. The van der Waals surface area contributed by atoms with E-state index >= 15 is 0 Å². The average molecular weight is 166 g/mol. The van der Waals surface area contributed by atoms with Crippen molar-refractivity contribution in [3.05, 3.63) is 23.3 Å². The Morgan fingerprint density at radius 1 is 1.08 bits per heavy atom. The molecule has 0 bridgehead atoms. The van der Waals surface area contributed by atoms with Gasteiger partial charge in [0, 0.05) is 0 Å². The molecular formula is C12H22. The molecule has 0 unspecified atom stereocenters. The summed E-state index contributed by atoms with van der Waals surface area (Å²) in [6.45, 7) is 8.71. The molecule has 0 radical (unpaired) electrons. The molecule has 12 heavy (non-hydrogen) atoms. The Labute approximate surface area is 77.4 Å². The Morgan fingerprint density at radius 3 is 2.25 bits per heavy atom. The van der Waals surface area contributed by atoms with E-state index in [1.54, 1.807) is 0 Å². The zero-order valence-corrected chi connectivity index (χ0v) is 8.98. The van der Waals surface area contributed by atoms with Gasteiger partial charge in [0.15, 0.2) is 0 Å². The molecule has 0 N–H and O–H groups in total. The summed E-state index contributed by atoms with van der Waals surface area (Å²) in [6, 6.07) is 0. The minimum absolute atomic E-state index is 1.24. The van der Waals surface area contributed by atoms with Crippen LogP contribution in [0, 0.1) is 0 Å². The van der Waals surface area contributed by atoms with Crippen LogP contribution < -0.4 is 0 Å². The Hall–Kier alpha value is -0.520. The Bertz CT molecular complexity index is 161. The summed E-state index contributed by atoms with van der Waals surface area (Å²) in [4.78, 5) is 0. The van der Waals surface area contributed by atoms with Crippen molar-refractivity contribution in [3.63, 3.8) is 0 Å². The lowest BCUT2D eigenvalue weighted by Gasteiger charge is -2.00. The van der Waals surface area contributed by atoms with E-state index in [2.05, 4.69) is 39.8 Å². The van der Waals surface area contributed by atoms with E-state index in [9.17, 15) is 0 Å². The van der Waals surface area contributed by atoms with Gasteiger partial charge < -0.3 is 0 Å². The zero-order chi connectivity index (χ0) is 9.40. The van der Waals surface area contributed by atoms with Crippen LogP contribution >= 0.6 is 0 Å². The first-order chi connectivity index (χ1) is 5.72. The molecule has 0 fully saturated rings. The molecule has 0 nitrogen and oxygen atoms in total. The molecule has 0 atom stereocenters. The lowest BCUT2D eigenvalue weighted by Crippen LogP contribution is -1.79. The third kappa shape index (κ3) is 5.17. The molecule has 0 heteroatoms. The summed E-state index contributed by atoms with van der Waals surface area (Å²) in [6.07, 6.45) is 9.78. The summed E-state index contributed by atoms with van der Waals surface area (Å²) in [5.74, 6) is 0. The lowest BCUT2D eigenvalue weighted by atomic mass is 10.1. The Kier molecular flexibility index (Phi) is 6.84. The second-order valence-electron chi connectivity index (χ2n) is 3.35. The van der Waals surface area contributed by atoms with Gasteiger partial charge in [-0.2, -0.15) is 0 Å². The summed E-state index contributed by atoms with van der Waals surface area (Å²) >= 11 is 0. The van der Waals surface area contributed by atoms with Crippen LogP contribution in [0.1, 0.15) is 53.4 Å². The first kappa shape index (κ1) is 11.5. The van der Waals surface area contributed by atoms with Crippen LogP contribution in [0.15, 0.2) is 23.3 Å². The van der Waals surface area contributed by atoms with E-state index in [-0.39, 0.29) is 0 Å². The van der Waals surface area contributed by atoms with Gasteiger partial charge in [-0.25, -0.2) is 0 Å². The normalized spacial score (nSPS) is 13.7. The molecule has 0 rings (SSSR count). The molecule has 0 amide bonds. The van der Waals surface area contributed by atoms with E-state index in [1.807, 2.05) is 0 Å². The quantitative estimate of drug-likeness (QED) is 0.417. The molecule has 0 aliphatic heterocycles. The van der Waals surface area contributed by atoms with Crippen molar-refractivity contribution in [3.8, 4) is 0 Å². The minimum atomic E-state index is 1.24. The molecule has 0 spiro atoms. The first-order valence-electron chi connectivity index (χ1n) is 5.02. The van der Waals surface area contributed by atoms with Gasteiger partial charge in [0.2, 0.25) is 0 Å². The summed E-state index contributed by atoms with van der Waals surface area (Å²) in [7, 11) is 0. The summed E-state index contributed by atoms with van der Waals surface area (Å²) in [5, 5.41) is 0. The predicted octanol–water partition coefficient (Wildman–Crippen LogP) is 4.48. The molecular weight excluding hydrogens is 144 g/mol. The van der Waals surface area contributed by atoms with Gasteiger partial charge >= 0.3 is 0 Å². The van der Waals surface area contributed by atoms with Crippen LogP contribution in [0.2, 0.25) is 0 Å². The maximum Gasteiger partial charge on any atom is -0.0345 e. The topological polar surface area (TPSA) is 0 Å². The molecule has 0 aliphatic carbocycles. The molecule has 0 saturated carbocycles. The van der Waals surface area contributed by atoms with Crippen LogP contribution in [0.3, 0.4) is 0 Å². The van der Waals surface area contributed by atoms with Crippen molar-refractivity contribution < 1.29 is 0 Å². The fourth-order valence-corrected chi connectivity index (χ4v) is 1.10. The largest absolute Gasteiger partial charge is 0.0845 e. The van der Waals surface area contributed by atoms with Gasteiger partial charge in [0.05, 0.1) is 0 Å². The second kappa shape index (κ2) is 7.15. The van der Waals surface area contributed by atoms with Crippen LogP contribution in [-0.2, 0) is 0 Å². The van der Waals surface area contributed by atoms with Crippen LogP contribution in [-0.4, -0.2) is 0 Å². The average Bonchev–Trinajstić information content (AvgIpc) is 2.10. The second-order valence-corrected chi connectivity index (χ2v) is 3.35. The van der Waals surface area contributed by atoms with Gasteiger partial charge in [-0.05, 0) is 33.6 Å². The van der Waals surface area contributed by atoms with E-state index in [0.29, 0.717) is 0 Å². The van der Waals surface area contributed by atoms with Crippen molar-refractivity contribution in [1.29, 1.82) is 0 Å². The van der Waals surface area contributed by atoms with Gasteiger partial charge in [-0.15, -0.1) is 0 Å². The van der Waals surface area contributed by atoms with Crippen LogP contribution in [0.4, 0.5) is 0 Å². The van der Waals surface area contributed by atoms with E-state index < -0.39 is 0 Å². The monoisotopic (exact) mass is 166 g/mol. The molecule has 0 aromatic carbocycles. The maximum absolute atomic E-state index is 2.35. The number of hydrogen-bond donors (Lipinski definition) is 0. The van der Waals surface area contributed by atoms with E-state index in [4.69, 9.17) is 0 Å². The smallest absolute Gasteiger partial charge is 0.0345 e. The fourth-order valence-electron chi connectivity index (χ4n) is 1.10. The van der Waals surface area contributed by atoms with Crippen LogP contribution in [0.25, 0.3) is 0 Å². The summed E-state index contributed by atoms with van der Waals surface area (Å²) in [5.41, 5.74) is 2.85. The summed E-state index contributed by atoms with van der Waals surface area (Å²) < 4.78 is 0. The number of hydrogen-bond acceptors (Lipinski definition) is 0. The highest BCUT2D eigenvalue weighted by atomic mass is 14.0. The maximum atomic E-state index is 2.35. The highest BCUT2D eigenvalue weighted by molar-refractivity contribution is 5.25. The van der Waals surface area contributed by atoms with Crippen LogP contribution in [0.5, 0.6) is 0 Å². The molecule has 0 heterocycles. The molecule has 0 saturated heterocycles. The van der Waals surface area contributed by atoms with Gasteiger partial charge in [-0.1, -0.05) is 43.1 Å². The molecule has 0 aromatic heterocycles. The predicted molar refractivity (Wildman–Crippen MR) is 57.3 cm³/mol. The minimum Gasteiger partial charge on any atom is -0.0845 e. The standard InChI is InChI=1S/C12H22/c1-5-7-8-9-10-12(4)11(3)6-2/h6,10H,5,7-9H2,1-4H3/b11-6-,12-10-.